The molecule has 5 nitrogen and oxygen atoms in total. The van der Waals surface area contributed by atoms with E-state index in [1.807, 2.05) is 0 Å². The van der Waals surface area contributed by atoms with Gasteiger partial charge in [-0.15, -0.1) is 0 Å². The van der Waals surface area contributed by atoms with Gasteiger partial charge in [-0.05, 0) is 18.1 Å². The number of halogens is 1. The molecular formula is C14H19FN4O. The van der Waals surface area contributed by atoms with Gasteiger partial charge in [0.2, 0.25) is 0 Å². The summed E-state index contributed by atoms with van der Waals surface area (Å²) in [7, 11) is 0. The molecule has 0 atom stereocenters. The van der Waals surface area contributed by atoms with E-state index in [2.05, 4.69) is 23.9 Å². The number of hydrogen-bond acceptors (Lipinski definition) is 4. The fraction of sp³-hybridized carbons (Fsp3) is 0.429. The van der Waals surface area contributed by atoms with Crippen LogP contribution in [-0.2, 0) is 19.7 Å². The molecule has 108 valence electrons. The average Bonchev–Trinajstić information content (AvgIpc) is 2.83. The molecule has 0 aliphatic heterocycles. The van der Waals surface area contributed by atoms with Crippen LogP contribution in [-0.4, -0.2) is 14.8 Å². The molecule has 1 aromatic carbocycles. The zero-order valence-electron chi connectivity index (χ0n) is 11.7. The lowest BCUT2D eigenvalue weighted by Gasteiger charge is -2.12. The van der Waals surface area contributed by atoms with Crippen molar-refractivity contribution < 1.29 is 9.13 Å². The van der Waals surface area contributed by atoms with Gasteiger partial charge >= 0.3 is 0 Å². The Bertz CT molecular complexity index is 568. The van der Waals surface area contributed by atoms with Crippen molar-refractivity contribution in [1.82, 2.24) is 14.8 Å². The van der Waals surface area contributed by atoms with Crippen molar-refractivity contribution in [3.8, 4) is 5.75 Å². The summed E-state index contributed by atoms with van der Waals surface area (Å²) in [4.78, 5) is 4.16. The molecule has 0 unspecified atom stereocenters. The molecule has 0 saturated heterocycles. The Kier molecular flexibility index (Phi) is 4.68. The SMILES string of the molecule is CC(C)Cn1ncnc1COc1cccc(F)c1CN. The molecule has 2 N–H and O–H groups in total. The first-order valence-electron chi connectivity index (χ1n) is 6.58. The Hall–Kier alpha value is -1.95. The predicted octanol–water partition coefficient (Wildman–Crippen LogP) is 2.11. The number of rotatable bonds is 6. The fourth-order valence-electron chi connectivity index (χ4n) is 1.91. The highest BCUT2D eigenvalue weighted by Crippen LogP contribution is 2.21. The molecule has 0 spiro atoms. The molecule has 0 bridgehead atoms. The summed E-state index contributed by atoms with van der Waals surface area (Å²) < 4.78 is 21.0. The molecule has 0 amide bonds. The molecule has 20 heavy (non-hydrogen) atoms. The van der Waals surface area contributed by atoms with Gasteiger partial charge in [-0.2, -0.15) is 5.10 Å². The van der Waals surface area contributed by atoms with E-state index < -0.39 is 0 Å². The van der Waals surface area contributed by atoms with Gasteiger partial charge in [-0.1, -0.05) is 19.9 Å². The first-order chi connectivity index (χ1) is 9.61. The van der Waals surface area contributed by atoms with E-state index in [-0.39, 0.29) is 19.0 Å². The first-order valence-corrected chi connectivity index (χ1v) is 6.58. The summed E-state index contributed by atoms with van der Waals surface area (Å²) in [5, 5.41) is 4.16. The van der Waals surface area contributed by atoms with Gasteiger partial charge in [0.25, 0.3) is 0 Å². The van der Waals surface area contributed by atoms with E-state index in [0.717, 1.165) is 6.54 Å². The van der Waals surface area contributed by atoms with Gasteiger partial charge in [-0.25, -0.2) is 14.1 Å². The highest BCUT2D eigenvalue weighted by Gasteiger charge is 2.11. The second-order valence-corrected chi connectivity index (χ2v) is 4.96. The second kappa shape index (κ2) is 6.47. The van der Waals surface area contributed by atoms with Crippen LogP contribution in [0.5, 0.6) is 5.75 Å². The molecule has 0 aliphatic carbocycles. The van der Waals surface area contributed by atoms with Crippen LogP contribution in [0.25, 0.3) is 0 Å². The smallest absolute Gasteiger partial charge is 0.164 e. The zero-order valence-corrected chi connectivity index (χ0v) is 11.7. The van der Waals surface area contributed by atoms with E-state index >= 15 is 0 Å². The van der Waals surface area contributed by atoms with Crippen LogP contribution in [0.15, 0.2) is 24.5 Å². The van der Waals surface area contributed by atoms with Crippen molar-refractivity contribution in [1.29, 1.82) is 0 Å². The monoisotopic (exact) mass is 278 g/mol. The van der Waals surface area contributed by atoms with Crippen LogP contribution in [0.4, 0.5) is 4.39 Å². The van der Waals surface area contributed by atoms with Gasteiger partial charge in [0.1, 0.15) is 24.5 Å². The Morgan fingerprint density at radius 3 is 2.90 bits per heavy atom. The molecule has 6 heteroatoms. The number of nitrogens with two attached hydrogens (primary N) is 1. The normalized spacial score (nSPS) is 11.1. The van der Waals surface area contributed by atoms with Gasteiger partial charge in [0.15, 0.2) is 5.82 Å². The van der Waals surface area contributed by atoms with Crippen molar-refractivity contribution in [2.45, 2.75) is 33.5 Å². The largest absolute Gasteiger partial charge is 0.485 e. The molecule has 0 fully saturated rings. The van der Waals surface area contributed by atoms with Crippen molar-refractivity contribution in [3.05, 3.63) is 41.7 Å². The number of benzene rings is 1. The van der Waals surface area contributed by atoms with Crippen LogP contribution >= 0.6 is 0 Å². The third-order valence-electron chi connectivity index (χ3n) is 2.87. The first kappa shape index (κ1) is 14.5. The van der Waals surface area contributed by atoms with Crippen LogP contribution < -0.4 is 10.5 Å². The van der Waals surface area contributed by atoms with Crippen molar-refractivity contribution in [3.63, 3.8) is 0 Å². The van der Waals surface area contributed by atoms with Crippen molar-refractivity contribution >= 4 is 0 Å². The Morgan fingerprint density at radius 2 is 2.20 bits per heavy atom. The minimum atomic E-state index is -0.353. The topological polar surface area (TPSA) is 66.0 Å². The van der Waals surface area contributed by atoms with E-state index in [1.54, 1.807) is 16.8 Å². The number of ether oxygens (including phenoxy) is 1. The third kappa shape index (κ3) is 3.33. The standard InChI is InChI=1S/C14H19FN4O/c1-10(2)7-19-14(17-9-18-19)8-20-13-5-3-4-12(15)11(13)6-16/h3-5,9-10H,6-8,16H2,1-2H3. The van der Waals surface area contributed by atoms with Gasteiger partial charge in [-0.3, -0.25) is 0 Å². The van der Waals surface area contributed by atoms with E-state index in [1.165, 1.54) is 12.4 Å². The van der Waals surface area contributed by atoms with E-state index in [4.69, 9.17) is 10.5 Å². The summed E-state index contributed by atoms with van der Waals surface area (Å²) >= 11 is 0. The molecular weight excluding hydrogens is 259 g/mol. The van der Waals surface area contributed by atoms with Crippen molar-refractivity contribution in [2.24, 2.45) is 11.7 Å². The maximum Gasteiger partial charge on any atom is 0.164 e. The molecule has 2 rings (SSSR count). The van der Waals surface area contributed by atoms with Gasteiger partial charge in [0.05, 0.1) is 0 Å². The Morgan fingerprint density at radius 1 is 1.40 bits per heavy atom. The molecule has 1 heterocycles. The van der Waals surface area contributed by atoms with Crippen molar-refractivity contribution in [2.75, 3.05) is 0 Å². The van der Waals surface area contributed by atoms with Gasteiger partial charge in [0, 0.05) is 18.7 Å². The Balaban J connectivity index is 2.09. The highest BCUT2D eigenvalue weighted by atomic mass is 19.1. The number of hydrogen-bond donors (Lipinski definition) is 1. The van der Waals surface area contributed by atoms with Crippen LogP contribution in [0.2, 0.25) is 0 Å². The summed E-state index contributed by atoms with van der Waals surface area (Å²) in [6, 6.07) is 4.67. The second-order valence-electron chi connectivity index (χ2n) is 4.96. The van der Waals surface area contributed by atoms with E-state index in [0.29, 0.717) is 23.1 Å². The van der Waals surface area contributed by atoms with E-state index in [9.17, 15) is 4.39 Å². The highest BCUT2D eigenvalue weighted by molar-refractivity contribution is 5.34. The van der Waals surface area contributed by atoms with Gasteiger partial charge < -0.3 is 10.5 Å². The predicted molar refractivity (Wildman–Crippen MR) is 73.5 cm³/mol. The minimum absolute atomic E-state index is 0.0979. The maximum absolute atomic E-state index is 13.6. The van der Waals surface area contributed by atoms with Crippen LogP contribution in [0, 0.1) is 11.7 Å². The zero-order chi connectivity index (χ0) is 14.5. The summed E-state index contributed by atoms with van der Waals surface area (Å²) in [6.45, 7) is 5.31. The Labute approximate surface area is 117 Å². The van der Waals surface area contributed by atoms with Crippen LogP contribution in [0.1, 0.15) is 25.2 Å². The maximum atomic E-state index is 13.6. The number of nitrogens with zero attached hydrogens (tertiary/aromatic N) is 3. The minimum Gasteiger partial charge on any atom is -0.485 e. The summed E-state index contributed by atoms with van der Waals surface area (Å²) in [5.41, 5.74) is 5.92. The molecule has 1 aromatic heterocycles. The quantitative estimate of drug-likeness (QED) is 0.879. The lowest BCUT2D eigenvalue weighted by molar-refractivity contribution is 0.278. The lowest BCUT2D eigenvalue weighted by Crippen LogP contribution is -2.13. The molecule has 0 radical (unpaired) electrons. The molecule has 2 aromatic rings. The molecule has 0 saturated carbocycles. The molecule has 0 aliphatic rings. The van der Waals surface area contributed by atoms with Crippen LogP contribution in [0.3, 0.4) is 0 Å². The lowest BCUT2D eigenvalue weighted by atomic mass is 10.2. The number of aromatic nitrogens is 3. The third-order valence-corrected chi connectivity index (χ3v) is 2.87. The average molecular weight is 278 g/mol. The summed E-state index contributed by atoms with van der Waals surface area (Å²) in [5.74, 6) is 1.27. The summed E-state index contributed by atoms with van der Waals surface area (Å²) in [6.07, 6.45) is 1.50. The fourth-order valence-corrected chi connectivity index (χ4v) is 1.91.